The van der Waals surface area contributed by atoms with Crippen LogP contribution in [0.2, 0.25) is 5.02 Å². The predicted octanol–water partition coefficient (Wildman–Crippen LogP) is 6.05. The van der Waals surface area contributed by atoms with Crippen molar-refractivity contribution >= 4 is 51.9 Å². The zero-order valence-electron chi connectivity index (χ0n) is 22.5. The molecular formula is C32H30ClN3O3S2. The highest BCUT2D eigenvalue weighted by Gasteiger charge is 2.59. The van der Waals surface area contributed by atoms with E-state index in [9.17, 15) is 14.4 Å². The number of hydrogen-bond acceptors (Lipinski definition) is 6. The summed E-state index contributed by atoms with van der Waals surface area (Å²) in [5, 5.41) is 7.74. The van der Waals surface area contributed by atoms with Crippen LogP contribution < -0.4 is 5.32 Å². The Labute approximate surface area is 252 Å². The molecule has 2 aliphatic heterocycles. The van der Waals surface area contributed by atoms with Crippen LogP contribution in [0.25, 0.3) is 0 Å². The number of nitrogens with zero attached hydrogens (tertiary/aromatic N) is 2. The molecule has 2 saturated heterocycles. The molecule has 2 aromatic carbocycles. The number of piperazine rings is 1. The minimum absolute atomic E-state index is 0.116. The lowest BCUT2D eigenvalue weighted by atomic mass is 9.79. The Hall–Kier alpha value is -3.30. The van der Waals surface area contributed by atoms with Crippen molar-refractivity contribution in [3.63, 3.8) is 0 Å². The molecule has 6 nitrogen and oxygen atoms in total. The fraction of sp³-hybridized carbons (Fsp3) is 0.281. The van der Waals surface area contributed by atoms with E-state index < -0.39 is 23.9 Å². The number of amides is 2. The topological polar surface area (TPSA) is 69.7 Å². The quantitative estimate of drug-likeness (QED) is 0.272. The first-order valence-corrected chi connectivity index (χ1v) is 15.8. The molecule has 0 bridgehead atoms. The van der Waals surface area contributed by atoms with Gasteiger partial charge in [-0.1, -0.05) is 48.0 Å². The second-order valence-electron chi connectivity index (χ2n) is 10.5. The Balaban J connectivity index is 1.59. The Morgan fingerprint density at radius 2 is 1.63 bits per heavy atom. The molecular weight excluding hydrogens is 574 g/mol. The van der Waals surface area contributed by atoms with E-state index in [1.54, 1.807) is 41.3 Å². The number of benzene rings is 2. The first kappa shape index (κ1) is 27.8. The summed E-state index contributed by atoms with van der Waals surface area (Å²) in [5.41, 5.74) is 1.96. The minimum atomic E-state index is -0.848. The van der Waals surface area contributed by atoms with Gasteiger partial charge in [0.05, 0.1) is 12.0 Å². The van der Waals surface area contributed by atoms with Gasteiger partial charge in [-0.05, 0) is 59.6 Å². The lowest BCUT2D eigenvalue weighted by Gasteiger charge is -2.36. The lowest BCUT2D eigenvalue weighted by Crippen LogP contribution is -2.54. The zero-order valence-corrected chi connectivity index (χ0v) is 24.9. The summed E-state index contributed by atoms with van der Waals surface area (Å²) in [6.07, 6.45) is 0. The number of ketones is 1. The van der Waals surface area contributed by atoms with E-state index in [-0.39, 0.29) is 17.6 Å². The first-order valence-electron chi connectivity index (χ1n) is 13.7. The molecule has 2 aliphatic rings. The van der Waals surface area contributed by atoms with Crippen LogP contribution in [-0.4, -0.2) is 59.6 Å². The smallest absolute Gasteiger partial charge is 0.255 e. The van der Waals surface area contributed by atoms with Gasteiger partial charge in [-0.25, -0.2) is 0 Å². The Morgan fingerprint density at radius 3 is 2.29 bits per heavy atom. The van der Waals surface area contributed by atoms with E-state index in [4.69, 9.17) is 11.6 Å². The van der Waals surface area contributed by atoms with E-state index in [2.05, 4.69) is 5.32 Å². The highest BCUT2D eigenvalue weighted by atomic mass is 35.5. The maximum Gasteiger partial charge on any atom is 0.255 e. The fourth-order valence-corrected chi connectivity index (χ4v) is 8.34. The molecule has 2 amide bonds. The zero-order chi connectivity index (χ0) is 28.5. The molecule has 1 N–H and O–H groups in total. The second-order valence-corrected chi connectivity index (χ2v) is 12.8. The molecule has 6 rings (SSSR count). The van der Waals surface area contributed by atoms with Gasteiger partial charge in [-0.3, -0.25) is 14.4 Å². The number of carbonyl (C=O) groups excluding carboxylic acids is 3. The summed E-state index contributed by atoms with van der Waals surface area (Å²) in [6.45, 7) is 4.48. The van der Waals surface area contributed by atoms with Crippen molar-refractivity contribution in [2.75, 3.05) is 26.2 Å². The van der Waals surface area contributed by atoms with Crippen molar-refractivity contribution in [1.29, 1.82) is 0 Å². The third-order valence-electron chi connectivity index (χ3n) is 8.06. The Kier molecular flexibility index (Phi) is 8.08. The first-order chi connectivity index (χ1) is 20.0. The van der Waals surface area contributed by atoms with Crippen molar-refractivity contribution in [3.05, 3.63) is 115 Å². The summed E-state index contributed by atoms with van der Waals surface area (Å²) in [6, 6.07) is 20.5. The monoisotopic (exact) mass is 603 g/mol. The summed E-state index contributed by atoms with van der Waals surface area (Å²) in [7, 11) is 0. The molecule has 9 heteroatoms. The molecule has 0 saturated carbocycles. The highest BCUT2D eigenvalue weighted by molar-refractivity contribution is 7.10. The van der Waals surface area contributed by atoms with Gasteiger partial charge in [0.2, 0.25) is 5.91 Å². The highest BCUT2D eigenvalue weighted by Crippen LogP contribution is 2.54. The maximum atomic E-state index is 14.6. The van der Waals surface area contributed by atoms with Crippen LogP contribution in [0.5, 0.6) is 0 Å². The van der Waals surface area contributed by atoms with Gasteiger partial charge < -0.3 is 15.1 Å². The molecule has 0 radical (unpaired) electrons. The van der Waals surface area contributed by atoms with E-state index >= 15 is 0 Å². The molecule has 4 heterocycles. The third kappa shape index (κ3) is 5.26. The van der Waals surface area contributed by atoms with E-state index in [0.717, 1.165) is 15.3 Å². The van der Waals surface area contributed by atoms with Crippen molar-refractivity contribution < 1.29 is 14.4 Å². The van der Waals surface area contributed by atoms with Gasteiger partial charge in [-0.15, -0.1) is 22.7 Å². The minimum Gasteiger partial charge on any atom is -0.338 e. The number of thiophene rings is 2. The van der Waals surface area contributed by atoms with Crippen LogP contribution in [0.4, 0.5) is 0 Å². The molecule has 4 atom stereocenters. The summed E-state index contributed by atoms with van der Waals surface area (Å²) >= 11 is 9.41. The van der Waals surface area contributed by atoms with Gasteiger partial charge in [0.15, 0.2) is 5.78 Å². The number of halogens is 1. The molecule has 2 fully saturated rings. The van der Waals surface area contributed by atoms with Gasteiger partial charge in [-0.2, -0.15) is 0 Å². The fourth-order valence-electron chi connectivity index (χ4n) is 6.17. The number of rotatable bonds is 6. The SMILES string of the molecule is Cc1ccsc1C1C(C(=O)c2cccc(Cl)c2)C(c2cccs2)C(C(=O)N2CCNCC2)N1C(=O)c1ccccc1. The van der Waals surface area contributed by atoms with E-state index in [1.165, 1.54) is 22.7 Å². The number of aryl methyl sites for hydroxylation is 1. The number of hydrogen-bond donors (Lipinski definition) is 1. The van der Waals surface area contributed by atoms with Gasteiger partial charge in [0, 0.05) is 58.0 Å². The third-order valence-corrected chi connectivity index (χ3v) is 10.4. The largest absolute Gasteiger partial charge is 0.338 e. The lowest BCUT2D eigenvalue weighted by molar-refractivity contribution is -0.136. The number of nitrogens with one attached hydrogen (secondary N) is 1. The molecule has 4 unspecified atom stereocenters. The molecule has 0 aliphatic carbocycles. The van der Waals surface area contributed by atoms with Crippen molar-refractivity contribution in [2.45, 2.75) is 24.9 Å². The average molecular weight is 604 g/mol. The predicted molar refractivity (Wildman–Crippen MR) is 164 cm³/mol. The summed E-state index contributed by atoms with van der Waals surface area (Å²) < 4.78 is 0. The number of carbonyl (C=O) groups is 3. The average Bonchev–Trinajstić information content (AvgIpc) is 3.75. The van der Waals surface area contributed by atoms with Crippen molar-refractivity contribution in [1.82, 2.24) is 15.1 Å². The molecule has 4 aromatic rings. The maximum absolute atomic E-state index is 14.6. The normalized spacial score (nSPS) is 22.6. The van der Waals surface area contributed by atoms with Crippen LogP contribution in [0.15, 0.2) is 83.6 Å². The molecule has 0 spiro atoms. The Bertz CT molecular complexity index is 1550. The molecule has 210 valence electrons. The van der Waals surface area contributed by atoms with Crippen molar-refractivity contribution in [2.24, 2.45) is 5.92 Å². The van der Waals surface area contributed by atoms with Crippen LogP contribution in [0.1, 0.15) is 48.0 Å². The summed E-state index contributed by atoms with van der Waals surface area (Å²) in [4.78, 5) is 49.2. The van der Waals surface area contributed by atoms with Crippen LogP contribution >= 0.6 is 34.3 Å². The Morgan fingerprint density at radius 1 is 0.878 bits per heavy atom. The second kappa shape index (κ2) is 11.9. The van der Waals surface area contributed by atoms with E-state index in [1.807, 2.05) is 59.0 Å². The van der Waals surface area contributed by atoms with Gasteiger partial charge in [0.25, 0.3) is 5.91 Å². The van der Waals surface area contributed by atoms with Crippen LogP contribution in [-0.2, 0) is 4.79 Å². The van der Waals surface area contributed by atoms with Crippen LogP contribution in [0.3, 0.4) is 0 Å². The summed E-state index contributed by atoms with van der Waals surface area (Å²) in [5.74, 6) is -1.70. The van der Waals surface area contributed by atoms with Gasteiger partial charge in [0.1, 0.15) is 6.04 Å². The molecule has 2 aromatic heterocycles. The van der Waals surface area contributed by atoms with Crippen molar-refractivity contribution in [3.8, 4) is 0 Å². The number of likely N-dealkylation sites (tertiary alicyclic amines) is 1. The van der Waals surface area contributed by atoms with Crippen LogP contribution in [0, 0.1) is 12.8 Å². The number of Topliss-reactive ketones (excluding diaryl/α,β-unsaturated/α-hetero) is 1. The standard InChI is InChI=1S/C32H30ClN3O3S2/c1-20-12-18-41-30(20)27-26(29(37)22-9-5-10-23(33)19-22)25(24-11-6-17-40-24)28(32(39)35-15-13-34-14-16-35)36(27)31(38)21-7-3-2-4-8-21/h2-12,17-19,25-28,34H,13-16H2,1H3. The van der Waals surface area contributed by atoms with Gasteiger partial charge >= 0.3 is 0 Å². The molecule has 41 heavy (non-hydrogen) atoms. The van der Waals surface area contributed by atoms with E-state index in [0.29, 0.717) is 42.3 Å².